The summed E-state index contributed by atoms with van der Waals surface area (Å²) in [6.07, 6.45) is 2.08. The van der Waals surface area contributed by atoms with Gasteiger partial charge in [0.25, 0.3) is 0 Å². The van der Waals surface area contributed by atoms with E-state index < -0.39 is 0 Å². The summed E-state index contributed by atoms with van der Waals surface area (Å²) in [4.78, 5) is 11.0. The number of hydrogen-bond donors (Lipinski definition) is 1. The molecular formula is C11H15NOS. The van der Waals surface area contributed by atoms with Crippen LogP contribution in [0.5, 0.6) is 0 Å². The lowest BCUT2D eigenvalue weighted by atomic mass is 10.1. The highest BCUT2D eigenvalue weighted by Crippen LogP contribution is 2.09. The van der Waals surface area contributed by atoms with E-state index in [0.29, 0.717) is 0 Å². The second-order valence-electron chi connectivity index (χ2n) is 3.05. The number of nitrogens with one attached hydrogen (secondary N) is 1. The minimum absolute atomic E-state index is 0.112. The number of hydrogen-bond acceptors (Lipinski definition) is 3. The highest BCUT2D eigenvalue weighted by Gasteiger charge is 1.97. The minimum atomic E-state index is 0.112. The zero-order chi connectivity index (χ0) is 10.4. The van der Waals surface area contributed by atoms with Gasteiger partial charge in [0.2, 0.25) is 0 Å². The van der Waals surface area contributed by atoms with Crippen LogP contribution in [0.3, 0.4) is 0 Å². The van der Waals surface area contributed by atoms with E-state index in [1.807, 2.05) is 36.0 Å². The van der Waals surface area contributed by atoms with Crippen LogP contribution in [0.1, 0.15) is 17.3 Å². The largest absolute Gasteiger partial charge is 0.384 e. The molecule has 14 heavy (non-hydrogen) atoms. The van der Waals surface area contributed by atoms with Gasteiger partial charge in [-0.2, -0.15) is 11.8 Å². The molecule has 0 saturated heterocycles. The molecule has 0 fully saturated rings. The molecule has 0 aromatic heterocycles. The predicted octanol–water partition coefficient (Wildman–Crippen LogP) is 2.66. The van der Waals surface area contributed by atoms with Gasteiger partial charge in [-0.25, -0.2) is 0 Å². The molecule has 76 valence electrons. The SMILES string of the molecule is CSCCNc1ccc(C(C)=O)cc1. The molecular weight excluding hydrogens is 194 g/mol. The van der Waals surface area contributed by atoms with E-state index in [1.54, 1.807) is 6.92 Å². The zero-order valence-electron chi connectivity index (χ0n) is 8.54. The van der Waals surface area contributed by atoms with Crippen LogP contribution >= 0.6 is 11.8 Å². The molecule has 1 N–H and O–H groups in total. The van der Waals surface area contributed by atoms with Crippen molar-refractivity contribution in [2.24, 2.45) is 0 Å². The maximum atomic E-state index is 11.0. The first-order valence-electron chi connectivity index (χ1n) is 4.58. The zero-order valence-corrected chi connectivity index (χ0v) is 9.36. The quantitative estimate of drug-likeness (QED) is 0.597. The lowest BCUT2D eigenvalue weighted by Crippen LogP contribution is -2.03. The predicted molar refractivity (Wildman–Crippen MR) is 63.3 cm³/mol. The van der Waals surface area contributed by atoms with E-state index in [2.05, 4.69) is 11.6 Å². The fourth-order valence-electron chi connectivity index (χ4n) is 1.12. The Morgan fingerprint density at radius 1 is 1.36 bits per heavy atom. The Hall–Kier alpha value is -0.960. The van der Waals surface area contributed by atoms with Crippen LogP contribution in [0.4, 0.5) is 5.69 Å². The normalized spacial score (nSPS) is 9.86. The van der Waals surface area contributed by atoms with Gasteiger partial charge in [0.15, 0.2) is 5.78 Å². The molecule has 2 nitrogen and oxygen atoms in total. The van der Waals surface area contributed by atoms with Gasteiger partial charge in [-0.3, -0.25) is 4.79 Å². The number of thioether (sulfide) groups is 1. The molecule has 0 amide bonds. The van der Waals surface area contributed by atoms with Crippen LogP contribution in [0.2, 0.25) is 0 Å². The molecule has 1 aromatic carbocycles. The van der Waals surface area contributed by atoms with Gasteiger partial charge in [0.05, 0.1) is 0 Å². The van der Waals surface area contributed by atoms with Crippen LogP contribution in [-0.2, 0) is 0 Å². The molecule has 1 aromatic rings. The maximum absolute atomic E-state index is 11.0. The Morgan fingerprint density at radius 2 is 2.00 bits per heavy atom. The molecule has 0 aliphatic rings. The number of anilines is 1. The molecule has 0 aliphatic heterocycles. The van der Waals surface area contributed by atoms with E-state index in [4.69, 9.17) is 0 Å². The standard InChI is InChI=1S/C11H15NOS/c1-9(13)10-3-5-11(6-4-10)12-7-8-14-2/h3-6,12H,7-8H2,1-2H3. The first-order chi connectivity index (χ1) is 6.74. The molecule has 0 saturated carbocycles. The van der Waals surface area contributed by atoms with Gasteiger partial charge in [-0.15, -0.1) is 0 Å². The third kappa shape index (κ3) is 3.42. The van der Waals surface area contributed by atoms with Crippen molar-refractivity contribution in [3.05, 3.63) is 29.8 Å². The van der Waals surface area contributed by atoms with Crippen molar-refractivity contribution < 1.29 is 4.79 Å². The summed E-state index contributed by atoms with van der Waals surface area (Å²) in [5.74, 6) is 1.20. The Kier molecular flexibility index (Phi) is 4.53. The van der Waals surface area contributed by atoms with Crippen molar-refractivity contribution in [1.29, 1.82) is 0 Å². The summed E-state index contributed by atoms with van der Waals surface area (Å²) in [5.41, 5.74) is 1.84. The van der Waals surface area contributed by atoms with E-state index in [1.165, 1.54) is 0 Å². The van der Waals surface area contributed by atoms with Crippen molar-refractivity contribution >= 4 is 23.2 Å². The monoisotopic (exact) mass is 209 g/mol. The molecule has 0 heterocycles. The lowest BCUT2D eigenvalue weighted by Gasteiger charge is -2.05. The first kappa shape index (κ1) is 11.1. The molecule has 0 spiro atoms. The molecule has 0 radical (unpaired) electrons. The third-order valence-electron chi connectivity index (χ3n) is 1.93. The van der Waals surface area contributed by atoms with Crippen LogP contribution in [-0.4, -0.2) is 24.3 Å². The van der Waals surface area contributed by atoms with E-state index in [-0.39, 0.29) is 5.78 Å². The lowest BCUT2D eigenvalue weighted by molar-refractivity contribution is 0.101. The minimum Gasteiger partial charge on any atom is -0.384 e. The summed E-state index contributed by atoms with van der Waals surface area (Å²) < 4.78 is 0. The van der Waals surface area contributed by atoms with Crippen molar-refractivity contribution in [3.8, 4) is 0 Å². The van der Waals surface area contributed by atoms with Gasteiger partial charge in [-0.05, 0) is 37.4 Å². The second kappa shape index (κ2) is 5.70. The number of rotatable bonds is 5. The first-order valence-corrected chi connectivity index (χ1v) is 5.97. The van der Waals surface area contributed by atoms with E-state index in [0.717, 1.165) is 23.5 Å². The van der Waals surface area contributed by atoms with Gasteiger partial charge in [-0.1, -0.05) is 0 Å². The van der Waals surface area contributed by atoms with Gasteiger partial charge in [0.1, 0.15) is 0 Å². The fourth-order valence-corrected chi connectivity index (χ4v) is 1.43. The van der Waals surface area contributed by atoms with Crippen molar-refractivity contribution in [3.63, 3.8) is 0 Å². The van der Waals surface area contributed by atoms with Gasteiger partial charge in [0, 0.05) is 23.5 Å². The number of carbonyl (C=O) groups is 1. The molecule has 0 unspecified atom stereocenters. The summed E-state index contributed by atoms with van der Waals surface area (Å²) in [5, 5.41) is 3.28. The number of ketones is 1. The fraction of sp³-hybridized carbons (Fsp3) is 0.364. The van der Waals surface area contributed by atoms with E-state index in [9.17, 15) is 4.79 Å². The molecule has 0 aliphatic carbocycles. The Labute approximate surface area is 89.1 Å². The van der Waals surface area contributed by atoms with Crippen LogP contribution in [0, 0.1) is 0 Å². The number of Topliss-reactive ketones (excluding diaryl/α,β-unsaturated/α-hetero) is 1. The number of benzene rings is 1. The van der Waals surface area contributed by atoms with Crippen LogP contribution in [0.25, 0.3) is 0 Å². The van der Waals surface area contributed by atoms with Crippen molar-refractivity contribution in [2.45, 2.75) is 6.92 Å². The van der Waals surface area contributed by atoms with Crippen molar-refractivity contribution in [1.82, 2.24) is 0 Å². The summed E-state index contributed by atoms with van der Waals surface area (Å²) in [7, 11) is 0. The van der Waals surface area contributed by atoms with Gasteiger partial charge >= 0.3 is 0 Å². The summed E-state index contributed by atoms with van der Waals surface area (Å²) in [6, 6.07) is 7.58. The molecule has 3 heteroatoms. The summed E-state index contributed by atoms with van der Waals surface area (Å²) >= 11 is 1.81. The third-order valence-corrected chi connectivity index (χ3v) is 2.54. The smallest absolute Gasteiger partial charge is 0.159 e. The van der Waals surface area contributed by atoms with Crippen molar-refractivity contribution in [2.75, 3.05) is 23.9 Å². The number of carbonyl (C=O) groups excluding carboxylic acids is 1. The summed E-state index contributed by atoms with van der Waals surface area (Å²) in [6.45, 7) is 2.54. The van der Waals surface area contributed by atoms with Gasteiger partial charge < -0.3 is 5.32 Å². The highest BCUT2D eigenvalue weighted by molar-refractivity contribution is 7.98. The molecule has 1 rings (SSSR count). The Morgan fingerprint density at radius 3 is 2.50 bits per heavy atom. The topological polar surface area (TPSA) is 29.1 Å². The second-order valence-corrected chi connectivity index (χ2v) is 4.04. The van der Waals surface area contributed by atoms with Crippen LogP contribution < -0.4 is 5.32 Å². The van der Waals surface area contributed by atoms with E-state index >= 15 is 0 Å². The average molecular weight is 209 g/mol. The molecule has 0 bridgehead atoms. The highest BCUT2D eigenvalue weighted by atomic mass is 32.2. The maximum Gasteiger partial charge on any atom is 0.159 e. The Bertz CT molecular complexity index is 295. The molecule has 0 atom stereocenters. The van der Waals surface area contributed by atoms with Crippen LogP contribution in [0.15, 0.2) is 24.3 Å². The Balaban J connectivity index is 2.51. The average Bonchev–Trinajstić information content (AvgIpc) is 2.19.